The molecule has 0 saturated heterocycles. The van der Waals surface area contributed by atoms with E-state index < -0.39 is 0 Å². The Balaban J connectivity index is 1.73. The third-order valence-electron chi connectivity index (χ3n) is 3.57. The first-order valence-corrected chi connectivity index (χ1v) is 7.67. The van der Waals surface area contributed by atoms with Crippen molar-refractivity contribution in [3.63, 3.8) is 0 Å². The molecule has 0 aliphatic heterocycles. The van der Waals surface area contributed by atoms with Crippen LogP contribution in [0.2, 0.25) is 5.02 Å². The highest BCUT2D eigenvalue weighted by molar-refractivity contribution is 6.30. The topological polar surface area (TPSA) is 29.3 Å². The van der Waals surface area contributed by atoms with Crippen molar-refractivity contribution in [2.45, 2.75) is 13.1 Å². The first kappa shape index (κ1) is 15.2. The molecule has 3 aromatic rings. The van der Waals surface area contributed by atoms with Gasteiger partial charge in [-0.25, -0.2) is 0 Å². The van der Waals surface area contributed by atoms with Crippen LogP contribution in [0.5, 0.6) is 0 Å². The minimum atomic E-state index is 0.548. The Labute approximate surface area is 140 Å². The number of hydrogen-bond donors (Lipinski definition) is 1. The van der Waals surface area contributed by atoms with Gasteiger partial charge in [0.2, 0.25) is 0 Å². The molecule has 2 aromatic carbocycles. The fraction of sp³-hybridized carbons (Fsp3) is 0.105. The van der Waals surface area contributed by atoms with Gasteiger partial charge in [-0.15, -0.1) is 6.42 Å². The summed E-state index contributed by atoms with van der Waals surface area (Å²) >= 11 is 5.87. The molecule has 0 amide bonds. The van der Waals surface area contributed by atoms with Gasteiger partial charge < -0.3 is 9.99 Å². The molecule has 0 saturated carbocycles. The predicted molar refractivity (Wildman–Crippen MR) is 96.7 cm³/mol. The maximum Gasteiger partial charge on any atom is 0.0835 e. The zero-order valence-electron chi connectivity index (χ0n) is 12.5. The number of para-hydroxylation sites is 1. The minimum absolute atomic E-state index is 0.548. The number of nitrogens with one attached hydrogen (secondary N) is 1. The van der Waals surface area contributed by atoms with Crippen molar-refractivity contribution >= 4 is 28.7 Å². The summed E-state index contributed by atoms with van der Waals surface area (Å²) in [6, 6.07) is 15.9. The molecule has 0 fully saturated rings. The summed E-state index contributed by atoms with van der Waals surface area (Å²) in [6.07, 6.45) is 9.28. The lowest BCUT2D eigenvalue weighted by molar-refractivity contribution is 0.748. The molecule has 1 heterocycles. The van der Waals surface area contributed by atoms with Gasteiger partial charge in [-0.2, -0.15) is 5.10 Å². The number of aromatic nitrogens is 1. The van der Waals surface area contributed by atoms with Crippen molar-refractivity contribution in [3.8, 4) is 12.3 Å². The van der Waals surface area contributed by atoms with Crippen LogP contribution in [0.3, 0.4) is 0 Å². The number of hydrazone groups is 1. The summed E-state index contributed by atoms with van der Waals surface area (Å²) in [7, 11) is 0. The first-order valence-electron chi connectivity index (χ1n) is 7.29. The molecule has 0 unspecified atom stereocenters. The summed E-state index contributed by atoms with van der Waals surface area (Å²) in [5.41, 5.74) is 6.34. The van der Waals surface area contributed by atoms with Gasteiger partial charge >= 0.3 is 0 Å². The monoisotopic (exact) mass is 321 g/mol. The van der Waals surface area contributed by atoms with Gasteiger partial charge in [0.1, 0.15) is 0 Å². The van der Waals surface area contributed by atoms with Crippen molar-refractivity contribution in [3.05, 3.63) is 70.9 Å². The lowest BCUT2D eigenvalue weighted by Crippen LogP contribution is -2.05. The second-order valence-corrected chi connectivity index (χ2v) is 5.59. The van der Waals surface area contributed by atoms with E-state index >= 15 is 0 Å². The number of hydrogen-bond acceptors (Lipinski definition) is 2. The number of nitrogens with zero attached hydrogens (tertiary/aromatic N) is 2. The van der Waals surface area contributed by atoms with Crippen LogP contribution in [-0.2, 0) is 13.1 Å². The molecule has 0 radical (unpaired) electrons. The number of fused-ring (bicyclic) bond motifs is 1. The highest BCUT2D eigenvalue weighted by atomic mass is 35.5. The van der Waals surface area contributed by atoms with E-state index in [1.165, 1.54) is 0 Å². The Hall–Kier alpha value is -2.70. The highest BCUT2D eigenvalue weighted by Gasteiger charge is 2.05. The molecular weight excluding hydrogens is 306 g/mol. The van der Waals surface area contributed by atoms with Crippen LogP contribution in [0.1, 0.15) is 11.1 Å². The molecule has 4 heteroatoms. The number of terminal acetylenes is 1. The normalized spacial score (nSPS) is 11.0. The Morgan fingerprint density at radius 3 is 2.74 bits per heavy atom. The second-order valence-electron chi connectivity index (χ2n) is 5.15. The Bertz CT molecular complexity index is 870. The Morgan fingerprint density at radius 2 is 1.96 bits per heavy atom. The van der Waals surface area contributed by atoms with Crippen LogP contribution in [0.15, 0.2) is 59.8 Å². The molecular formula is C19H16ClN3. The van der Waals surface area contributed by atoms with Crippen LogP contribution in [0.4, 0.5) is 0 Å². The van der Waals surface area contributed by atoms with E-state index in [4.69, 9.17) is 18.0 Å². The molecule has 0 aliphatic carbocycles. The summed E-state index contributed by atoms with van der Waals surface area (Å²) < 4.78 is 2.05. The van der Waals surface area contributed by atoms with Crippen LogP contribution in [-0.4, -0.2) is 10.8 Å². The van der Waals surface area contributed by atoms with Crippen LogP contribution < -0.4 is 5.43 Å². The quantitative estimate of drug-likeness (QED) is 0.429. The Kier molecular flexibility index (Phi) is 4.65. The summed E-state index contributed by atoms with van der Waals surface area (Å²) in [5.74, 6) is 2.67. The first-order chi connectivity index (χ1) is 11.3. The van der Waals surface area contributed by atoms with E-state index in [-0.39, 0.29) is 0 Å². The number of rotatable bonds is 5. The third-order valence-corrected chi connectivity index (χ3v) is 3.82. The molecule has 1 N–H and O–H groups in total. The van der Waals surface area contributed by atoms with Gasteiger partial charge in [-0.05, 0) is 23.8 Å². The molecule has 3 rings (SSSR count). The molecule has 1 aromatic heterocycles. The van der Waals surface area contributed by atoms with Gasteiger partial charge in [-0.1, -0.05) is 47.9 Å². The van der Waals surface area contributed by atoms with Crippen molar-refractivity contribution in [2.24, 2.45) is 5.10 Å². The highest BCUT2D eigenvalue weighted by Crippen LogP contribution is 2.19. The average Bonchev–Trinajstić information content (AvgIpc) is 2.92. The largest absolute Gasteiger partial charge is 0.335 e. The van der Waals surface area contributed by atoms with Crippen LogP contribution >= 0.6 is 11.6 Å². The molecule has 114 valence electrons. The van der Waals surface area contributed by atoms with E-state index in [1.807, 2.05) is 48.8 Å². The molecule has 0 bridgehead atoms. The zero-order valence-corrected chi connectivity index (χ0v) is 13.3. The van der Waals surface area contributed by atoms with Crippen molar-refractivity contribution in [1.29, 1.82) is 0 Å². The van der Waals surface area contributed by atoms with Crippen molar-refractivity contribution in [2.75, 3.05) is 0 Å². The summed E-state index contributed by atoms with van der Waals surface area (Å²) in [6.45, 7) is 1.20. The average molecular weight is 322 g/mol. The van der Waals surface area contributed by atoms with E-state index in [2.05, 4.69) is 33.1 Å². The SMILES string of the molecule is C#CCn1cc(/C=N\NCc2ccc(Cl)cc2)c2ccccc21. The number of halogens is 1. The summed E-state index contributed by atoms with van der Waals surface area (Å²) in [5, 5.41) is 6.18. The van der Waals surface area contributed by atoms with Crippen LogP contribution in [0, 0.1) is 12.3 Å². The molecule has 23 heavy (non-hydrogen) atoms. The standard InChI is InChI=1S/C19H16ClN3/c1-2-11-23-14-16(18-5-3-4-6-19(18)23)13-22-21-12-15-7-9-17(20)10-8-15/h1,3-10,13-14,21H,11-12H2/b22-13-. The molecule has 0 atom stereocenters. The lowest BCUT2D eigenvalue weighted by atomic mass is 10.2. The van der Waals surface area contributed by atoms with Crippen molar-refractivity contribution < 1.29 is 0 Å². The lowest BCUT2D eigenvalue weighted by Gasteiger charge is -2.00. The fourth-order valence-electron chi connectivity index (χ4n) is 2.46. The van der Waals surface area contributed by atoms with Gasteiger partial charge in [-0.3, -0.25) is 0 Å². The van der Waals surface area contributed by atoms with Gasteiger partial charge in [0.25, 0.3) is 0 Å². The van der Waals surface area contributed by atoms with E-state index in [1.54, 1.807) is 0 Å². The molecule has 3 nitrogen and oxygen atoms in total. The second kappa shape index (κ2) is 7.04. The third kappa shape index (κ3) is 3.56. The zero-order chi connectivity index (χ0) is 16.1. The maximum atomic E-state index is 5.87. The number of benzene rings is 2. The van der Waals surface area contributed by atoms with Gasteiger partial charge in [0.15, 0.2) is 0 Å². The van der Waals surface area contributed by atoms with Crippen LogP contribution in [0.25, 0.3) is 10.9 Å². The minimum Gasteiger partial charge on any atom is -0.335 e. The predicted octanol–water partition coefficient (Wildman–Crippen LogP) is 4.05. The van der Waals surface area contributed by atoms with E-state index in [0.29, 0.717) is 13.1 Å². The summed E-state index contributed by atoms with van der Waals surface area (Å²) in [4.78, 5) is 0. The molecule has 0 spiro atoms. The molecule has 0 aliphatic rings. The fourth-order valence-corrected chi connectivity index (χ4v) is 2.59. The maximum absolute atomic E-state index is 5.87. The smallest absolute Gasteiger partial charge is 0.0835 e. The van der Waals surface area contributed by atoms with E-state index in [9.17, 15) is 0 Å². The van der Waals surface area contributed by atoms with Gasteiger partial charge in [0, 0.05) is 27.7 Å². The Morgan fingerprint density at radius 1 is 1.17 bits per heavy atom. The van der Waals surface area contributed by atoms with Gasteiger partial charge in [0.05, 0.1) is 19.3 Å². The van der Waals surface area contributed by atoms with Crippen molar-refractivity contribution in [1.82, 2.24) is 9.99 Å². The van der Waals surface area contributed by atoms with E-state index in [0.717, 1.165) is 27.1 Å².